The van der Waals surface area contributed by atoms with Crippen LogP contribution in [0.1, 0.15) is 51.5 Å². The molecule has 2 aliphatic rings. The number of carbonyl (C=O) groups excluding carboxylic acids is 1. The van der Waals surface area contributed by atoms with Crippen LogP contribution < -0.4 is 10.1 Å². The predicted molar refractivity (Wildman–Crippen MR) is 131 cm³/mol. The van der Waals surface area contributed by atoms with Gasteiger partial charge in [0.1, 0.15) is 5.75 Å². The van der Waals surface area contributed by atoms with E-state index in [-0.39, 0.29) is 5.91 Å². The molecule has 1 N–H and O–H groups in total. The fraction of sp³-hybridized carbons (Fsp3) is 0.296. The van der Waals surface area contributed by atoms with Crippen molar-refractivity contribution in [1.82, 2.24) is 30.0 Å². The monoisotopic (exact) mass is 466 g/mol. The summed E-state index contributed by atoms with van der Waals surface area (Å²) in [5.74, 6) is 1.55. The van der Waals surface area contributed by atoms with E-state index in [0.29, 0.717) is 24.0 Å². The molecule has 1 saturated carbocycles. The molecular formula is C27H26N6O2. The van der Waals surface area contributed by atoms with Crippen LogP contribution in [0, 0.1) is 0 Å². The number of hydrogen-bond donors (Lipinski definition) is 1. The minimum absolute atomic E-state index is 0.109. The van der Waals surface area contributed by atoms with Crippen molar-refractivity contribution < 1.29 is 9.53 Å². The number of methoxy groups -OCH3 is 1. The molecule has 1 amide bonds. The summed E-state index contributed by atoms with van der Waals surface area (Å²) in [5.41, 5.74) is 7.02. The second-order valence-electron chi connectivity index (χ2n) is 9.06. The van der Waals surface area contributed by atoms with Crippen molar-refractivity contribution in [2.75, 3.05) is 13.7 Å². The van der Waals surface area contributed by atoms with Gasteiger partial charge in [-0.05, 0) is 79.1 Å². The summed E-state index contributed by atoms with van der Waals surface area (Å²) in [6.45, 7) is 0.549. The van der Waals surface area contributed by atoms with E-state index in [1.807, 2.05) is 24.4 Å². The molecule has 0 atom stereocenters. The van der Waals surface area contributed by atoms with Gasteiger partial charge in [0.25, 0.3) is 11.9 Å². The Kier molecular flexibility index (Phi) is 5.48. The topological polar surface area (TPSA) is 94.8 Å². The third-order valence-electron chi connectivity index (χ3n) is 6.74. The van der Waals surface area contributed by atoms with E-state index in [0.717, 1.165) is 65.9 Å². The van der Waals surface area contributed by atoms with E-state index >= 15 is 0 Å². The molecule has 8 nitrogen and oxygen atoms in total. The first-order chi connectivity index (χ1) is 17.2. The van der Waals surface area contributed by atoms with Crippen molar-refractivity contribution in [3.63, 3.8) is 0 Å². The summed E-state index contributed by atoms with van der Waals surface area (Å²) in [5, 5.41) is 7.61. The quantitative estimate of drug-likeness (QED) is 0.447. The standard InChI is InChI=1S/C27H26N6O2/c1-35-21-6-7-22-19(14-21)4-5-20-15-30-27(32-24(20)22)33-25(18-2-3-18)23(16-31-33)26(34)29-13-10-17-8-11-28-12-9-17/h6-9,11-12,14-16,18H,2-5,10,13H2,1H3,(H,29,34). The Balaban J connectivity index is 1.29. The number of nitrogens with one attached hydrogen (secondary N) is 1. The van der Waals surface area contributed by atoms with Crippen LogP contribution in [-0.4, -0.2) is 44.3 Å². The number of carbonyl (C=O) groups is 1. The molecule has 2 aliphatic carbocycles. The Bertz CT molecular complexity index is 1390. The summed E-state index contributed by atoms with van der Waals surface area (Å²) < 4.78 is 7.16. The molecule has 0 aliphatic heterocycles. The molecule has 4 aromatic rings. The fourth-order valence-electron chi connectivity index (χ4n) is 4.73. The predicted octanol–water partition coefficient (Wildman–Crippen LogP) is 3.68. The number of rotatable bonds is 7. The minimum Gasteiger partial charge on any atom is -0.497 e. The van der Waals surface area contributed by atoms with Crippen LogP contribution >= 0.6 is 0 Å². The molecule has 3 heterocycles. The molecule has 0 radical (unpaired) electrons. The van der Waals surface area contributed by atoms with Crippen molar-refractivity contribution in [3.05, 3.63) is 83.1 Å². The van der Waals surface area contributed by atoms with Crippen molar-refractivity contribution in [2.24, 2.45) is 0 Å². The van der Waals surface area contributed by atoms with Gasteiger partial charge in [-0.1, -0.05) is 0 Å². The zero-order chi connectivity index (χ0) is 23.8. The van der Waals surface area contributed by atoms with Crippen molar-refractivity contribution in [1.29, 1.82) is 0 Å². The SMILES string of the molecule is COc1ccc2c(c1)CCc1cnc(-n3ncc(C(=O)NCCc4ccncc4)c3C3CC3)nc1-2. The van der Waals surface area contributed by atoms with Gasteiger partial charge in [0.05, 0.1) is 30.3 Å². The van der Waals surface area contributed by atoms with E-state index in [1.54, 1.807) is 30.4 Å². The molecule has 176 valence electrons. The summed E-state index contributed by atoms with van der Waals surface area (Å²) in [4.78, 5) is 26.7. The molecule has 0 bridgehead atoms. The van der Waals surface area contributed by atoms with Gasteiger partial charge < -0.3 is 10.1 Å². The first kappa shape index (κ1) is 21.5. The highest BCUT2D eigenvalue weighted by atomic mass is 16.5. The van der Waals surface area contributed by atoms with Crippen LogP contribution in [0.2, 0.25) is 0 Å². The Hall–Kier alpha value is -4.07. The van der Waals surface area contributed by atoms with E-state index in [9.17, 15) is 4.79 Å². The van der Waals surface area contributed by atoms with Gasteiger partial charge in [0.15, 0.2) is 0 Å². The second kappa shape index (κ2) is 8.94. The molecule has 0 saturated heterocycles. The molecule has 8 heteroatoms. The highest BCUT2D eigenvalue weighted by molar-refractivity contribution is 5.95. The van der Waals surface area contributed by atoms with Gasteiger partial charge >= 0.3 is 0 Å². The number of hydrogen-bond acceptors (Lipinski definition) is 6. The van der Waals surface area contributed by atoms with Gasteiger partial charge in [-0.15, -0.1) is 0 Å². The van der Waals surface area contributed by atoms with Crippen molar-refractivity contribution in [2.45, 2.75) is 38.0 Å². The maximum atomic E-state index is 13.1. The molecule has 0 unspecified atom stereocenters. The van der Waals surface area contributed by atoms with Crippen LogP contribution in [0.15, 0.2) is 55.1 Å². The smallest absolute Gasteiger partial charge is 0.254 e. The van der Waals surface area contributed by atoms with Crippen LogP contribution in [-0.2, 0) is 19.3 Å². The van der Waals surface area contributed by atoms with Crippen LogP contribution in [0.5, 0.6) is 5.75 Å². The summed E-state index contributed by atoms with van der Waals surface area (Å²) in [6.07, 6.45) is 11.7. The maximum absolute atomic E-state index is 13.1. The number of fused-ring (bicyclic) bond motifs is 3. The third-order valence-corrected chi connectivity index (χ3v) is 6.74. The third kappa shape index (κ3) is 4.16. The molecule has 35 heavy (non-hydrogen) atoms. The Morgan fingerprint density at radius 3 is 2.74 bits per heavy atom. The molecule has 1 aromatic carbocycles. The zero-order valence-electron chi connectivity index (χ0n) is 19.6. The lowest BCUT2D eigenvalue weighted by Crippen LogP contribution is -2.26. The van der Waals surface area contributed by atoms with Gasteiger partial charge in [0.2, 0.25) is 0 Å². The Labute approximate surface area is 203 Å². The van der Waals surface area contributed by atoms with Crippen molar-refractivity contribution >= 4 is 5.91 Å². The number of aryl methyl sites for hydroxylation is 2. The maximum Gasteiger partial charge on any atom is 0.254 e. The first-order valence-corrected chi connectivity index (χ1v) is 12.0. The van der Waals surface area contributed by atoms with Gasteiger partial charge in [0, 0.05) is 36.6 Å². The van der Waals surface area contributed by atoms with Gasteiger partial charge in [-0.3, -0.25) is 9.78 Å². The minimum atomic E-state index is -0.109. The number of nitrogens with zero attached hydrogens (tertiary/aromatic N) is 5. The largest absolute Gasteiger partial charge is 0.497 e. The highest BCUT2D eigenvalue weighted by Gasteiger charge is 2.34. The lowest BCUT2D eigenvalue weighted by Gasteiger charge is -2.20. The van der Waals surface area contributed by atoms with E-state index < -0.39 is 0 Å². The van der Waals surface area contributed by atoms with E-state index in [4.69, 9.17) is 9.72 Å². The van der Waals surface area contributed by atoms with Crippen LogP contribution in [0.3, 0.4) is 0 Å². The van der Waals surface area contributed by atoms with Gasteiger partial charge in [-0.25, -0.2) is 14.6 Å². The molecule has 0 spiro atoms. The molecule has 1 fully saturated rings. The van der Waals surface area contributed by atoms with E-state index in [2.05, 4.69) is 32.5 Å². The van der Waals surface area contributed by atoms with Gasteiger partial charge in [-0.2, -0.15) is 5.10 Å². The fourth-order valence-corrected chi connectivity index (χ4v) is 4.73. The normalized spacial score (nSPS) is 14.2. The zero-order valence-corrected chi connectivity index (χ0v) is 19.6. The van der Waals surface area contributed by atoms with Crippen LogP contribution in [0.4, 0.5) is 0 Å². The number of amides is 1. The molecule has 3 aromatic heterocycles. The van der Waals surface area contributed by atoms with E-state index in [1.165, 1.54) is 5.56 Å². The average molecular weight is 467 g/mol. The number of benzene rings is 1. The highest BCUT2D eigenvalue weighted by Crippen LogP contribution is 2.42. The Morgan fingerprint density at radius 1 is 1.11 bits per heavy atom. The lowest BCUT2D eigenvalue weighted by atomic mass is 9.90. The second-order valence-corrected chi connectivity index (χ2v) is 9.06. The van der Waals surface area contributed by atoms with Crippen molar-refractivity contribution in [3.8, 4) is 23.0 Å². The van der Waals surface area contributed by atoms with Crippen LogP contribution in [0.25, 0.3) is 17.2 Å². The lowest BCUT2D eigenvalue weighted by molar-refractivity contribution is 0.0953. The number of pyridine rings is 1. The Morgan fingerprint density at radius 2 is 1.94 bits per heavy atom. The summed E-state index contributed by atoms with van der Waals surface area (Å²) in [7, 11) is 1.68. The number of aromatic nitrogens is 5. The summed E-state index contributed by atoms with van der Waals surface area (Å²) >= 11 is 0. The first-order valence-electron chi connectivity index (χ1n) is 12.0. The number of ether oxygens (including phenoxy) is 1. The molecular weight excluding hydrogens is 440 g/mol. The average Bonchev–Trinajstić information content (AvgIpc) is 3.65. The summed E-state index contributed by atoms with van der Waals surface area (Å²) in [6, 6.07) is 10.0. The molecule has 6 rings (SSSR count).